The average Bonchev–Trinajstić information content (AvgIpc) is 3.15. The summed E-state index contributed by atoms with van der Waals surface area (Å²) in [4.78, 5) is 52.8. The van der Waals surface area contributed by atoms with Gasteiger partial charge >= 0.3 is 0 Å². The van der Waals surface area contributed by atoms with E-state index in [4.69, 9.17) is 18.9 Å². The van der Waals surface area contributed by atoms with E-state index in [1.54, 1.807) is 12.1 Å². The van der Waals surface area contributed by atoms with Gasteiger partial charge in [-0.1, -0.05) is 6.07 Å². The zero-order valence-corrected chi connectivity index (χ0v) is 20.9. The van der Waals surface area contributed by atoms with E-state index in [1.165, 1.54) is 6.07 Å². The first-order chi connectivity index (χ1) is 18.1. The summed E-state index contributed by atoms with van der Waals surface area (Å²) in [5.41, 5.74) is 0.300. The van der Waals surface area contributed by atoms with Crippen molar-refractivity contribution in [1.29, 1.82) is 0 Å². The lowest BCUT2D eigenvalue weighted by molar-refractivity contribution is -0.136. The second-order valence-corrected chi connectivity index (χ2v) is 8.90. The van der Waals surface area contributed by atoms with Gasteiger partial charge in [0.15, 0.2) is 0 Å². The van der Waals surface area contributed by atoms with Crippen LogP contribution < -0.4 is 15.4 Å². The van der Waals surface area contributed by atoms with Crippen LogP contribution >= 0.6 is 0 Å². The van der Waals surface area contributed by atoms with E-state index in [0.717, 1.165) is 37.6 Å². The molecule has 0 spiro atoms. The molecule has 0 aromatic heterocycles. The van der Waals surface area contributed by atoms with Gasteiger partial charge in [-0.05, 0) is 18.6 Å². The van der Waals surface area contributed by atoms with Crippen molar-refractivity contribution in [3.8, 4) is 5.75 Å². The summed E-state index contributed by atoms with van der Waals surface area (Å²) < 4.78 is 22.3. The Bertz CT molecular complexity index is 981. The van der Waals surface area contributed by atoms with Crippen LogP contribution in [0.25, 0.3) is 0 Å². The Morgan fingerprint density at radius 2 is 1.51 bits per heavy atom. The summed E-state index contributed by atoms with van der Waals surface area (Å²) in [6.07, 6.45) is 0.170. The van der Waals surface area contributed by atoms with E-state index in [9.17, 15) is 19.2 Å². The molecule has 2 N–H and O–H groups in total. The Morgan fingerprint density at radius 3 is 2.22 bits per heavy atom. The fourth-order valence-electron chi connectivity index (χ4n) is 4.49. The number of ether oxygens (including phenoxy) is 4. The molecule has 2 fully saturated rings. The lowest BCUT2D eigenvalue weighted by Gasteiger charge is -2.27. The standard InChI is InChI=1S/C25H34N4O8/c30-21-5-4-19(23(31)27-21)29-24(32)18-2-1-3-20(22(18)25(29)33)37-17-16-36-15-14-35-13-12-34-11-10-28-8-6-26-7-9-28/h1-3,19,26H,4-17H2,(H,27,30,31). The van der Waals surface area contributed by atoms with Crippen LogP contribution in [0.15, 0.2) is 18.2 Å². The first-order valence-electron chi connectivity index (χ1n) is 12.7. The molecule has 4 amide bonds. The van der Waals surface area contributed by atoms with Gasteiger partial charge in [0.05, 0.1) is 50.8 Å². The first-order valence-corrected chi connectivity index (χ1v) is 12.7. The third-order valence-electron chi connectivity index (χ3n) is 6.42. The molecule has 0 aliphatic carbocycles. The van der Waals surface area contributed by atoms with Crippen LogP contribution in [-0.2, 0) is 23.8 Å². The number of hydrogen-bond donors (Lipinski definition) is 2. The largest absolute Gasteiger partial charge is 0.490 e. The maximum atomic E-state index is 13.0. The maximum absolute atomic E-state index is 13.0. The van der Waals surface area contributed by atoms with Gasteiger partial charge in [0.25, 0.3) is 11.8 Å². The Labute approximate surface area is 215 Å². The van der Waals surface area contributed by atoms with Crippen LogP contribution in [0, 0.1) is 0 Å². The second-order valence-electron chi connectivity index (χ2n) is 8.90. The van der Waals surface area contributed by atoms with Gasteiger partial charge in [-0.15, -0.1) is 0 Å². The van der Waals surface area contributed by atoms with Crippen LogP contribution in [0.1, 0.15) is 33.6 Å². The van der Waals surface area contributed by atoms with E-state index in [-0.39, 0.29) is 42.9 Å². The molecule has 1 aromatic rings. The summed E-state index contributed by atoms with van der Waals surface area (Å²) >= 11 is 0. The number of carbonyl (C=O) groups excluding carboxylic acids is 4. The van der Waals surface area contributed by atoms with Crippen LogP contribution in [0.4, 0.5) is 0 Å². The van der Waals surface area contributed by atoms with Gasteiger partial charge in [-0.3, -0.25) is 34.3 Å². The fourth-order valence-corrected chi connectivity index (χ4v) is 4.49. The zero-order valence-electron chi connectivity index (χ0n) is 20.9. The maximum Gasteiger partial charge on any atom is 0.266 e. The predicted molar refractivity (Wildman–Crippen MR) is 130 cm³/mol. The molecule has 3 aliphatic rings. The Balaban J connectivity index is 1.11. The number of nitrogens with zero attached hydrogens (tertiary/aromatic N) is 2. The van der Waals surface area contributed by atoms with Crippen LogP contribution in [0.3, 0.4) is 0 Å². The topological polar surface area (TPSA) is 136 Å². The molecule has 12 heteroatoms. The smallest absolute Gasteiger partial charge is 0.266 e. The van der Waals surface area contributed by atoms with E-state index in [1.807, 2.05) is 0 Å². The third-order valence-corrected chi connectivity index (χ3v) is 6.42. The minimum Gasteiger partial charge on any atom is -0.490 e. The second kappa shape index (κ2) is 13.6. The number of rotatable bonds is 14. The van der Waals surface area contributed by atoms with Gasteiger partial charge in [-0.25, -0.2) is 0 Å². The summed E-state index contributed by atoms with van der Waals surface area (Å²) in [5, 5.41) is 5.51. The molecule has 4 rings (SSSR count). The number of benzene rings is 1. The molecule has 0 saturated carbocycles. The number of amides is 4. The monoisotopic (exact) mass is 518 g/mol. The van der Waals surface area contributed by atoms with Crippen molar-refractivity contribution in [3.05, 3.63) is 29.3 Å². The number of piperazine rings is 1. The normalized spacial score (nSPS) is 20.3. The first kappa shape index (κ1) is 27.1. The van der Waals surface area contributed by atoms with Gasteiger partial charge in [0, 0.05) is 39.1 Å². The zero-order chi connectivity index (χ0) is 26.0. The number of carbonyl (C=O) groups is 4. The number of piperidine rings is 1. The highest BCUT2D eigenvalue weighted by Gasteiger charge is 2.45. The molecule has 0 bridgehead atoms. The summed E-state index contributed by atoms with van der Waals surface area (Å²) in [6.45, 7) is 8.10. The summed E-state index contributed by atoms with van der Waals surface area (Å²) in [5.74, 6) is -1.98. The van der Waals surface area contributed by atoms with Gasteiger partial charge in [0.2, 0.25) is 11.8 Å². The molecule has 1 aromatic carbocycles. The Morgan fingerprint density at radius 1 is 0.838 bits per heavy atom. The van der Waals surface area contributed by atoms with Crippen molar-refractivity contribution in [2.45, 2.75) is 18.9 Å². The van der Waals surface area contributed by atoms with Crippen molar-refractivity contribution >= 4 is 23.6 Å². The van der Waals surface area contributed by atoms with E-state index >= 15 is 0 Å². The molecule has 1 unspecified atom stereocenters. The SMILES string of the molecule is O=C1CCC(N2C(=O)c3cccc(OCCOCCOCCOCCN4CCNCC4)c3C2=O)C(=O)N1. The third kappa shape index (κ3) is 7.11. The molecule has 0 radical (unpaired) electrons. The Hall–Kier alpha value is -2.90. The van der Waals surface area contributed by atoms with Crippen LogP contribution in [-0.4, -0.2) is 118 Å². The fraction of sp³-hybridized carbons (Fsp3) is 0.600. The molecular formula is C25H34N4O8. The van der Waals surface area contributed by atoms with Crippen molar-refractivity contribution in [3.63, 3.8) is 0 Å². The summed E-state index contributed by atoms with van der Waals surface area (Å²) in [6, 6.07) is 3.73. The van der Waals surface area contributed by atoms with E-state index < -0.39 is 29.7 Å². The molecule has 202 valence electrons. The molecule has 2 saturated heterocycles. The average molecular weight is 519 g/mol. The number of hydrogen-bond acceptors (Lipinski definition) is 10. The lowest BCUT2D eigenvalue weighted by Crippen LogP contribution is -2.54. The molecule has 12 nitrogen and oxygen atoms in total. The molecule has 3 aliphatic heterocycles. The number of imide groups is 2. The van der Waals surface area contributed by atoms with Crippen LogP contribution in [0.5, 0.6) is 5.75 Å². The highest BCUT2D eigenvalue weighted by Crippen LogP contribution is 2.33. The van der Waals surface area contributed by atoms with Crippen molar-refractivity contribution in [1.82, 2.24) is 20.4 Å². The minimum atomic E-state index is -1.01. The van der Waals surface area contributed by atoms with E-state index in [0.29, 0.717) is 33.0 Å². The van der Waals surface area contributed by atoms with Gasteiger partial charge in [0.1, 0.15) is 18.4 Å². The predicted octanol–water partition coefficient (Wildman–Crippen LogP) is -0.578. The molecule has 1 atom stereocenters. The van der Waals surface area contributed by atoms with E-state index in [2.05, 4.69) is 15.5 Å². The van der Waals surface area contributed by atoms with Gasteiger partial charge < -0.3 is 24.3 Å². The number of nitrogens with one attached hydrogen (secondary N) is 2. The summed E-state index contributed by atoms with van der Waals surface area (Å²) in [7, 11) is 0. The van der Waals surface area contributed by atoms with Crippen molar-refractivity contribution in [2.75, 3.05) is 79.0 Å². The quantitative estimate of drug-likeness (QED) is 0.243. The van der Waals surface area contributed by atoms with Gasteiger partial charge in [-0.2, -0.15) is 0 Å². The van der Waals surface area contributed by atoms with Crippen molar-refractivity contribution < 1.29 is 38.1 Å². The van der Waals surface area contributed by atoms with Crippen molar-refractivity contribution in [2.24, 2.45) is 0 Å². The minimum absolute atomic E-state index is 0.0675. The Kier molecular flexibility index (Phi) is 9.97. The highest BCUT2D eigenvalue weighted by atomic mass is 16.6. The lowest BCUT2D eigenvalue weighted by atomic mass is 10.0. The molecular weight excluding hydrogens is 484 g/mol. The molecule has 37 heavy (non-hydrogen) atoms. The number of fused-ring (bicyclic) bond motifs is 1. The molecule has 3 heterocycles. The highest BCUT2D eigenvalue weighted by molar-refractivity contribution is 6.24. The van der Waals surface area contributed by atoms with Crippen LogP contribution in [0.2, 0.25) is 0 Å².